The van der Waals surface area contributed by atoms with Crippen LogP contribution in [0.25, 0.3) is 0 Å². The fourth-order valence-corrected chi connectivity index (χ4v) is 1.56. The van der Waals surface area contributed by atoms with E-state index in [9.17, 15) is 0 Å². The first kappa shape index (κ1) is 11.0. The summed E-state index contributed by atoms with van der Waals surface area (Å²) >= 11 is 0. The van der Waals surface area contributed by atoms with Gasteiger partial charge in [-0.2, -0.15) is 0 Å². The van der Waals surface area contributed by atoms with Gasteiger partial charge in [-0.05, 0) is 31.2 Å². The van der Waals surface area contributed by atoms with Gasteiger partial charge in [0.15, 0.2) is 0 Å². The summed E-state index contributed by atoms with van der Waals surface area (Å²) in [5.41, 5.74) is 5.55. The molecule has 0 amide bonds. The molecule has 0 heterocycles. The molecule has 68 valence electrons. The molecule has 1 heteroatoms. The molecule has 0 radical (unpaired) electrons. The summed E-state index contributed by atoms with van der Waals surface area (Å²) in [6.45, 7) is 7.25. The summed E-state index contributed by atoms with van der Waals surface area (Å²) in [6.07, 6.45) is 5.55. The summed E-state index contributed by atoms with van der Waals surface area (Å²) in [6, 6.07) is 0. The molecule has 1 aliphatic carbocycles. The molecule has 1 saturated carbocycles. The number of nitrogens with two attached hydrogens (primary N) is 1. The lowest BCUT2D eigenvalue weighted by molar-refractivity contribution is 0.296. The first-order chi connectivity index (χ1) is 5.33. The van der Waals surface area contributed by atoms with Crippen molar-refractivity contribution in [2.75, 3.05) is 6.54 Å². The van der Waals surface area contributed by atoms with Gasteiger partial charge in [-0.1, -0.05) is 33.6 Å². The highest BCUT2D eigenvalue weighted by atomic mass is 14.5. The minimum Gasteiger partial charge on any atom is -0.330 e. The van der Waals surface area contributed by atoms with Crippen LogP contribution >= 0.6 is 0 Å². The maximum Gasteiger partial charge on any atom is -0.00489 e. The molecule has 0 aromatic rings. The van der Waals surface area contributed by atoms with E-state index >= 15 is 0 Å². The largest absolute Gasteiger partial charge is 0.330 e. The van der Waals surface area contributed by atoms with Gasteiger partial charge in [0.25, 0.3) is 0 Å². The van der Waals surface area contributed by atoms with E-state index in [0.717, 1.165) is 18.4 Å². The molecule has 0 spiro atoms. The Kier molecular flexibility index (Phi) is 6.63. The van der Waals surface area contributed by atoms with Crippen molar-refractivity contribution in [2.45, 2.75) is 46.5 Å². The quantitative estimate of drug-likeness (QED) is 0.622. The van der Waals surface area contributed by atoms with Crippen molar-refractivity contribution < 1.29 is 0 Å². The van der Waals surface area contributed by atoms with Crippen molar-refractivity contribution in [1.29, 1.82) is 0 Å². The third-order valence-corrected chi connectivity index (χ3v) is 2.47. The van der Waals surface area contributed by atoms with Crippen molar-refractivity contribution in [3.05, 3.63) is 0 Å². The van der Waals surface area contributed by atoms with Gasteiger partial charge in [0, 0.05) is 0 Å². The van der Waals surface area contributed by atoms with Crippen molar-refractivity contribution in [1.82, 2.24) is 0 Å². The van der Waals surface area contributed by atoms with Crippen LogP contribution in [0.15, 0.2) is 0 Å². The van der Waals surface area contributed by atoms with E-state index < -0.39 is 0 Å². The summed E-state index contributed by atoms with van der Waals surface area (Å²) < 4.78 is 0. The highest BCUT2D eigenvalue weighted by Crippen LogP contribution is 2.26. The molecule has 11 heavy (non-hydrogen) atoms. The van der Waals surface area contributed by atoms with Gasteiger partial charge < -0.3 is 5.73 Å². The summed E-state index contributed by atoms with van der Waals surface area (Å²) in [5, 5.41) is 0. The molecular formula is C10H23N. The van der Waals surface area contributed by atoms with Crippen LogP contribution in [-0.2, 0) is 0 Å². The predicted octanol–water partition coefficient (Wildman–Crippen LogP) is 2.80. The second-order valence-electron chi connectivity index (χ2n) is 3.36. The van der Waals surface area contributed by atoms with Crippen molar-refractivity contribution >= 4 is 0 Å². The molecule has 0 atom stereocenters. The van der Waals surface area contributed by atoms with E-state index in [1.54, 1.807) is 0 Å². The SMILES string of the molecule is CC.CC1CCC(CN)CC1. The molecule has 0 bridgehead atoms. The molecule has 1 fully saturated rings. The van der Waals surface area contributed by atoms with E-state index in [2.05, 4.69) is 6.92 Å². The van der Waals surface area contributed by atoms with Crippen molar-refractivity contribution in [3.8, 4) is 0 Å². The molecular weight excluding hydrogens is 134 g/mol. The molecule has 1 nitrogen and oxygen atoms in total. The second kappa shape index (κ2) is 6.66. The lowest BCUT2D eigenvalue weighted by Gasteiger charge is -2.24. The Balaban J connectivity index is 0.000000461. The molecule has 0 aromatic heterocycles. The molecule has 1 rings (SSSR count). The van der Waals surface area contributed by atoms with Crippen LogP contribution in [0.4, 0.5) is 0 Å². The average molecular weight is 157 g/mol. The van der Waals surface area contributed by atoms with E-state index in [1.165, 1.54) is 25.7 Å². The van der Waals surface area contributed by atoms with E-state index in [1.807, 2.05) is 13.8 Å². The van der Waals surface area contributed by atoms with Gasteiger partial charge in [-0.25, -0.2) is 0 Å². The minimum absolute atomic E-state index is 0.848. The van der Waals surface area contributed by atoms with Crippen LogP contribution in [0.1, 0.15) is 46.5 Å². The Morgan fingerprint density at radius 1 is 1.09 bits per heavy atom. The van der Waals surface area contributed by atoms with Crippen LogP contribution in [0, 0.1) is 11.8 Å². The molecule has 0 aliphatic heterocycles. The van der Waals surface area contributed by atoms with Crippen LogP contribution in [0.2, 0.25) is 0 Å². The fourth-order valence-electron chi connectivity index (χ4n) is 1.56. The summed E-state index contributed by atoms with van der Waals surface area (Å²) in [7, 11) is 0. The zero-order valence-electron chi connectivity index (χ0n) is 8.27. The Labute approximate surface area is 71.4 Å². The normalized spacial score (nSPS) is 30.5. The van der Waals surface area contributed by atoms with E-state index in [-0.39, 0.29) is 0 Å². The summed E-state index contributed by atoms with van der Waals surface area (Å²) in [4.78, 5) is 0. The highest BCUT2D eigenvalue weighted by Gasteiger charge is 2.15. The zero-order chi connectivity index (χ0) is 8.69. The first-order valence-electron chi connectivity index (χ1n) is 5.03. The molecule has 0 unspecified atom stereocenters. The van der Waals surface area contributed by atoms with Gasteiger partial charge in [0.1, 0.15) is 0 Å². The topological polar surface area (TPSA) is 26.0 Å². The third kappa shape index (κ3) is 4.41. The highest BCUT2D eigenvalue weighted by molar-refractivity contribution is 4.69. The van der Waals surface area contributed by atoms with E-state index in [0.29, 0.717) is 0 Å². The standard InChI is InChI=1S/C8H17N.C2H6/c1-7-2-4-8(6-9)5-3-7;1-2/h7-8H,2-6,9H2,1H3;1-2H3. The predicted molar refractivity (Wildman–Crippen MR) is 51.5 cm³/mol. The van der Waals surface area contributed by atoms with Crippen molar-refractivity contribution in [2.24, 2.45) is 17.6 Å². The maximum atomic E-state index is 5.55. The van der Waals surface area contributed by atoms with Gasteiger partial charge in [-0.3, -0.25) is 0 Å². The van der Waals surface area contributed by atoms with Crippen LogP contribution in [0.5, 0.6) is 0 Å². The first-order valence-corrected chi connectivity index (χ1v) is 5.03. The Morgan fingerprint density at radius 2 is 1.55 bits per heavy atom. The lowest BCUT2D eigenvalue weighted by atomic mass is 9.83. The fraction of sp³-hybridized carbons (Fsp3) is 1.00. The van der Waals surface area contributed by atoms with Crippen LogP contribution < -0.4 is 5.73 Å². The minimum atomic E-state index is 0.848. The average Bonchev–Trinajstić information content (AvgIpc) is 2.10. The third-order valence-electron chi connectivity index (χ3n) is 2.47. The van der Waals surface area contributed by atoms with Crippen LogP contribution in [-0.4, -0.2) is 6.54 Å². The monoisotopic (exact) mass is 157 g/mol. The van der Waals surface area contributed by atoms with Gasteiger partial charge in [0.05, 0.1) is 0 Å². The Morgan fingerprint density at radius 3 is 1.91 bits per heavy atom. The molecule has 1 aliphatic rings. The van der Waals surface area contributed by atoms with Gasteiger partial charge in [-0.15, -0.1) is 0 Å². The van der Waals surface area contributed by atoms with Gasteiger partial charge in [0.2, 0.25) is 0 Å². The maximum absolute atomic E-state index is 5.55. The van der Waals surface area contributed by atoms with Crippen molar-refractivity contribution in [3.63, 3.8) is 0 Å². The number of hydrogen-bond donors (Lipinski definition) is 1. The van der Waals surface area contributed by atoms with E-state index in [4.69, 9.17) is 5.73 Å². The molecule has 0 aromatic carbocycles. The number of hydrogen-bond acceptors (Lipinski definition) is 1. The smallest absolute Gasteiger partial charge is 0.00489 e. The second-order valence-corrected chi connectivity index (χ2v) is 3.36. The Hall–Kier alpha value is -0.0400. The Bertz CT molecular complexity index is 72.9. The summed E-state index contributed by atoms with van der Waals surface area (Å²) in [5.74, 6) is 1.81. The van der Waals surface area contributed by atoms with Crippen LogP contribution in [0.3, 0.4) is 0 Å². The van der Waals surface area contributed by atoms with Gasteiger partial charge >= 0.3 is 0 Å². The number of rotatable bonds is 1. The molecule has 0 saturated heterocycles. The zero-order valence-corrected chi connectivity index (χ0v) is 8.27. The lowest BCUT2D eigenvalue weighted by Crippen LogP contribution is -2.20. The molecule has 2 N–H and O–H groups in total.